The van der Waals surface area contributed by atoms with Crippen molar-refractivity contribution in [3.63, 3.8) is 0 Å². The lowest BCUT2D eigenvalue weighted by Gasteiger charge is -2.16. The number of aromatic amines is 1. The molecular weight excluding hydrogens is 294 g/mol. The Kier molecular flexibility index (Phi) is 3.65. The van der Waals surface area contributed by atoms with Gasteiger partial charge in [-0.15, -0.1) is 0 Å². The summed E-state index contributed by atoms with van der Waals surface area (Å²) in [4.78, 5) is 22.0. The molecule has 122 valence electrons. The molecule has 0 bridgehead atoms. The number of nitrogens with zero attached hydrogens (tertiary/aromatic N) is 3. The van der Waals surface area contributed by atoms with Gasteiger partial charge in [-0.1, -0.05) is 12.1 Å². The lowest BCUT2D eigenvalue weighted by Crippen LogP contribution is -2.40. The van der Waals surface area contributed by atoms with Crippen LogP contribution in [0.1, 0.15) is 47.8 Å². The number of amides is 1. The van der Waals surface area contributed by atoms with Crippen molar-refractivity contribution in [3.05, 3.63) is 35.7 Å². The Bertz CT molecular complexity index is 676. The van der Waals surface area contributed by atoms with Crippen molar-refractivity contribution in [1.82, 2.24) is 25.3 Å². The van der Waals surface area contributed by atoms with Crippen LogP contribution in [0.15, 0.2) is 23.0 Å². The van der Waals surface area contributed by atoms with Crippen LogP contribution in [0.4, 0.5) is 0 Å². The second kappa shape index (κ2) is 5.81. The largest absolute Gasteiger partial charge is 0.360 e. The van der Waals surface area contributed by atoms with Gasteiger partial charge in [-0.3, -0.25) is 9.69 Å². The van der Waals surface area contributed by atoms with Gasteiger partial charge < -0.3 is 14.8 Å². The highest BCUT2D eigenvalue weighted by molar-refractivity contribution is 5.92. The summed E-state index contributed by atoms with van der Waals surface area (Å²) in [5, 5.41) is 7.00. The van der Waals surface area contributed by atoms with E-state index in [0.717, 1.165) is 44.1 Å². The Morgan fingerprint density at radius 3 is 3.09 bits per heavy atom. The van der Waals surface area contributed by atoms with E-state index in [-0.39, 0.29) is 11.9 Å². The first-order valence-electron chi connectivity index (χ1n) is 8.17. The lowest BCUT2D eigenvalue weighted by atomic mass is 10.1. The van der Waals surface area contributed by atoms with Crippen LogP contribution in [0, 0.1) is 5.92 Å². The number of rotatable bonds is 5. The molecule has 1 saturated carbocycles. The summed E-state index contributed by atoms with van der Waals surface area (Å²) in [6.45, 7) is 4.70. The minimum Gasteiger partial charge on any atom is -0.360 e. The van der Waals surface area contributed by atoms with E-state index in [2.05, 4.69) is 32.3 Å². The van der Waals surface area contributed by atoms with Crippen molar-refractivity contribution < 1.29 is 9.32 Å². The van der Waals surface area contributed by atoms with Crippen LogP contribution in [0.3, 0.4) is 0 Å². The average Bonchev–Trinajstić information content (AvgIpc) is 2.94. The van der Waals surface area contributed by atoms with Crippen LogP contribution in [-0.2, 0) is 6.54 Å². The second-order valence-corrected chi connectivity index (χ2v) is 6.68. The first kappa shape index (κ1) is 14.4. The summed E-state index contributed by atoms with van der Waals surface area (Å²) in [6.07, 6.45) is 5.86. The molecule has 1 amide bonds. The molecule has 7 heteroatoms. The lowest BCUT2D eigenvalue weighted by molar-refractivity contribution is 0.0922. The first-order chi connectivity index (χ1) is 11.2. The second-order valence-electron chi connectivity index (χ2n) is 6.68. The van der Waals surface area contributed by atoms with Crippen molar-refractivity contribution in [1.29, 1.82) is 0 Å². The van der Waals surface area contributed by atoms with Gasteiger partial charge >= 0.3 is 0 Å². The summed E-state index contributed by atoms with van der Waals surface area (Å²) in [6, 6.07) is 1.91. The van der Waals surface area contributed by atoms with Gasteiger partial charge in [0.15, 0.2) is 5.69 Å². The molecule has 0 radical (unpaired) electrons. The molecule has 2 atom stereocenters. The number of carbonyl (C=O) groups is 1. The number of H-pyrrole nitrogens is 1. The van der Waals surface area contributed by atoms with Crippen molar-refractivity contribution >= 4 is 5.91 Å². The van der Waals surface area contributed by atoms with Crippen molar-refractivity contribution in [2.45, 2.75) is 38.3 Å². The maximum atomic E-state index is 12.4. The standard InChI is InChI=1S/C16H21N5O2/c1-10-7-21(9-15-17-4-5-18-15)8-13(10)19-16(22)12-6-14(23-20-12)11-2-3-11/h4-6,10-11,13H,2-3,7-9H2,1H3,(H,17,18)(H,19,22)/t10-,13-/m1/s1. The minimum atomic E-state index is -0.141. The van der Waals surface area contributed by atoms with Crippen LogP contribution in [0.5, 0.6) is 0 Å². The first-order valence-corrected chi connectivity index (χ1v) is 8.17. The third-order valence-electron chi connectivity index (χ3n) is 4.67. The monoisotopic (exact) mass is 315 g/mol. The molecule has 7 nitrogen and oxygen atoms in total. The topological polar surface area (TPSA) is 87.0 Å². The van der Waals surface area contributed by atoms with E-state index < -0.39 is 0 Å². The van der Waals surface area contributed by atoms with Crippen LogP contribution in [0.2, 0.25) is 0 Å². The summed E-state index contributed by atoms with van der Waals surface area (Å²) in [5.41, 5.74) is 0.392. The molecule has 1 saturated heterocycles. The Hall–Kier alpha value is -2.15. The summed E-state index contributed by atoms with van der Waals surface area (Å²) in [7, 11) is 0. The third-order valence-corrected chi connectivity index (χ3v) is 4.67. The number of hydrogen-bond acceptors (Lipinski definition) is 5. The molecule has 2 aliphatic rings. The average molecular weight is 315 g/mol. The molecule has 4 rings (SSSR count). The highest BCUT2D eigenvalue weighted by Gasteiger charge is 2.33. The number of hydrogen-bond donors (Lipinski definition) is 2. The van der Waals surface area contributed by atoms with Crippen LogP contribution >= 0.6 is 0 Å². The predicted octanol–water partition coefficient (Wildman–Crippen LogP) is 1.53. The van der Waals surface area contributed by atoms with Gasteiger partial charge in [-0.05, 0) is 18.8 Å². The quantitative estimate of drug-likeness (QED) is 0.873. The fourth-order valence-corrected chi connectivity index (χ4v) is 3.18. The summed E-state index contributed by atoms with van der Waals surface area (Å²) >= 11 is 0. The Balaban J connectivity index is 1.35. The highest BCUT2D eigenvalue weighted by atomic mass is 16.5. The van der Waals surface area contributed by atoms with Crippen LogP contribution in [-0.4, -0.2) is 45.1 Å². The third kappa shape index (κ3) is 3.14. The molecule has 1 aliphatic heterocycles. The van der Waals surface area contributed by atoms with Gasteiger partial charge in [-0.25, -0.2) is 4.98 Å². The van der Waals surface area contributed by atoms with Gasteiger partial charge in [0.2, 0.25) is 0 Å². The minimum absolute atomic E-state index is 0.124. The van der Waals surface area contributed by atoms with Gasteiger partial charge in [0.1, 0.15) is 11.6 Å². The molecule has 2 fully saturated rings. The van der Waals surface area contributed by atoms with E-state index in [1.165, 1.54) is 0 Å². The zero-order valence-corrected chi connectivity index (χ0v) is 13.2. The normalized spacial score (nSPS) is 24.9. The van der Waals surface area contributed by atoms with Gasteiger partial charge in [0.25, 0.3) is 5.91 Å². The highest BCUT2D eigenvalue weighted by Crippen LogP contribution is 2.40. The predicted molar refractivity (Wildman–Crippen MR) is 82.8 cm³/mol. The zero-order valence-electron chi connectivity index (χ0n) is 13.2. The van der Waals surface area contributed by atoms with Gasteiger partial charge in [0.05, 0.1) is 6.54 Å². The van der Waals surface area contributed by atoms with E-state index in [1.54, 1.807) is 12.3 Å². The summed E-state index contributed by atoms with van der Waals surface area (Å²) < 4.78 is 5.26. The number of likely N-dealkylation sites (tertiary alicyclic amines) is 1. The fraction of sp³-hybridized carbons (Fsp3) is 0.562. The van der Waals surface area contributed by atoms with E-state index >= 15 is 0 Å². The number of imidazole rings is 1. The van der Waals surface area contributed by atoms with E-state index in [4.69, 9.17) is 4.52 Å². The molecule has 2 aromatic heterocycles. The molecule has 0 unspecified atom stereocenters. The molecule has 0 aromatic carbocycles. The van der Waals surface area contributed by atoms with Crippen molar-refractivity contribution in [3.8, 4) is 0 Å². The molecule has 23 heavy (non-hydrogen) atoms. The molecule has 0 spiro atoms. The van der Waals surface area contributed by atoms with E-state index in [0.29, 0.717) is 17.5 Å². The SMILES string of the molecule is C[C@@H]1CN(Cc2ncc[nH]2)C[C@H]1NC(=O)c1cc(C2CC2)on1. The van der Waals surface area contributed by atoms with Gasteiger partial charge in [0, 0.05) is 43.5 Å². The molecule has 1 aliphatic carbocycles. The maximum absolute atomic E-state index is 12.4. The van der Waals surface area contributed by atoms with Crippen molar-refractivity contribution in [2.24, 2.45) is 5.92 Å². The molecular formula is C16H21N5O2. The van der Waals surface area contributed by atoms with E-state index in [1.807, 2.05) is 6.20 Å². The fourth-order valence-electron chi connectivity index (χ4n) is 3.18. The zero-order chi connectivity index (χ0) is 15.8. The van der Waals surface area contributed by atoms with Crippen molar-refractivity contribution in [2.75, 3.05) is 13.1 Å². The number of nitrogens with one attached hydrogen (secondary N) is 2. The maximum Gasteiger partial charge on any atom is 0.273 e. The number of aromatic nitrogens is 3. The smallest absolute Gasteiger partial charge is 0.273 e. The van der Waals surface area contributed by atoms with Crippen LogP contribution in [0.25, 0.3) is 0 Å². The number of carbonyl (C=O) groups excluding carboxylic acids is 1. The Morgan fingerprint density at radius 1 is 1.48 bits per heavy atom. The Morgan fingerprint density at radius 2 is 2.35 bits per heavy atom. The van der Waals surface area contributed by atoms with Gasteiger partial charge in [-0.2, -0.15) is 0 Å². The molecule has 2 aromatic rings. The summed E-state index contributed by atoms with van der Waals surface area (Å²) in [5.74, 6) is 2.52. The molecule has 3 heterocycles. The van der Waals surface area contributed by atoms with E-state index in [9.17, 15) is 4.79 Å². The Labute approximate surface area is 134 Å². The molecule has 2 N–H and O–H groups in total. The van der Waals surface area contributed by atoms with Crippen LogP contribution < -0.4 is 5.32 Å².